The predicted octanol–water partition coefficient (Wildman–Crippen LogP) is 4.41. The molecule has 22 heavy (non-hydrogen) atoms. The molecule has 0 aromatic heterocycles. The molecule has 0 saturated heterocycles. The van der Waals surface area contributed by atoms with Crippen LogP contribution in [-0.4, -0.2) is 5.71 Å². The second-order valence-electron chi connectivity index (χ2n) is 5.27. The zero-order valence-electron chi connectivity index (χ0n) is 11.8. The van der Waals surface area contributed by atoms with Gasteiger partial charge in [0, 0.05) is 18.2 Å². The Morgan fingerprint density at radius 3 is 2.82 bits per heavy atom. The Hall–Kier alpha value is -2.38. The summed E-state index contributed by atoms with van der Waals surface area (Å²) in [5.41, 5.74) is 3.17. The van der Waals surface area contributed by atoms with E-state index in [1.54, 1.807) is 25.1 Å². The van der Waals surface area contributed by atoms with E-state index in [1.165, 1.54) is 6.07 Å². The lowest BCUT2D eigenvalue weighted by atomic mass is 9.97. The van der Waals surface area contributed by atoms with Gasteiger partial charge in [-0.3, -0.25) is 0 Å². The Morgan fingerprint density at radius 2 is 2.14 bits per heavy atom. The monoisotopic (exact) mass is 314 g/mol. The third-order valence-electron chi connectivity index (χ3n) is 3.67. The minimum absolute atomic E-state index is 0.0739. The maximum atomic E-state index is 13.5. The molecule has 0 bridgehead atoms. The first-order valence-electron chi connectivity index (χ1n) is 6.73. The lowest BCUT2D eigenvalue weighted by Gasteiger charge is -2.13. The van der Waals surface area contributed by atoms with Crippen molar-refractivity contribution in [2.45, 2.75) is 19.4 Å². The van der Waals surface area contributed by atoms with Crippen molar-refractivity contribution in [2.75, 3.05) is 0 Å². The molecule has 1 aliphatic heterocycles. The van der Waals surface area contributed by atoms with Gasteiger partial charge in [-0.25, -0.2) is 4.39 Å². The van der Waals surface area contributed by atoms with Crippen molar-refractivity contribution in [2.24, 2.45) is 0 Å². The topological polar surface area (TPSA) is 56.9 Å². The second kappa shape index (κ2) is 5.43. The molecule has 0 amide bonds. The predicted molar refractivity (Wildman–Crippen MR) is 82.1 cm³/mol. The number of nitrogens with zero attached hydrogens (tertiary/aromatic N) is 1. The van der Waals surface area contributed by atoms with E-state index in [1.807, 2.05) is 6.07 Å². The molecule has 1 aliphatic rings. The van der Waals surface area contributed by atoms with Gasteiger partial charge in [0.05, 0.1) is 16.7 Å². The molecule has 3 rings (SSSR count). The van der Waals surface area contributed by atoms with Crippen molar-refractivity contribution in [3.05, 3.63) is 63.4 Å². The fourth-order valence-electron chi connectivity index (χ4n) is 2.54. The lowest BCUT2D eigenvalue weighted by molar-refractivity contribution is 0.238. The van der Waals surface area contributed by atoms with Crippen LogP contribution in [0.5, 0.6) is 5.75 Å². The van der Waals surface area contributed by atoms with E-state index < -0.39 is 5.82 Å². The highest BCUT2D eigenvalue weighted by Crippen LogP contribution is 2.39. The van der Waals surface area contributed by atoms with Gasteiger partial charge in [0.25, 0.3) is 0 Å². The largest absolute Gasteiger partial charge is 0.485 e. The second-order valence-corrected chi connectivity index (χ2v) is 5.67. The third-order valence-corrected chi connectivity index (χ3v) is 3.96. The molecule has 0 radical (unpaired) electrons. The number of rotatable bonds is 2. The van der Waals surface area contributed by atoms with Gasteiger partial charge in [0.2, 0.25) is 0 Å². The number of nitrogens with one attached hydrogen (secondary N) is 1. The van der Waals surface area contributed by atoms with E-state index in [-0.39, 0.29) is 11.1 Å². The number of nitriles is 1. The smallest absolute Gasteiger partial charge is 0.145 e. The summed E-state index contributed by atoms with van der Waals surface area (Å²) in [6.45, 7) is 1.67. The molecule has 1 heterocycles. The van der Waals surface area contributed by atoms with Gasteiger partial charge >= 0.3 is 0 Å². The molecule has 2 aromatic carbocycles. The first-order chi connectivity index (χ1) is 10.5. The SMILES string of the molecule is CC(=N)c1cc(C#N)cc(C2Cc3cc(Cl)c(F)cc3O2)c1. The Labute approximate surface area is 132 Å². The Bertz CT molecular complexity index is 795. The van der Waals surface area contributed by atoms with Crippen molar-refractivity contribution in [1.82, 2.24) is 0 Å². The minimum atomic E-state index is -0.511. The molecule has 3 nitrogen and oxygen atoms in total. The summed E-state index contributed by atoms with van der Waals surface area (Å²) in [5.74, 6) is -0.0368. The van der Waals surface area contributed by atoms with E-state index in [9.17, 15) is 4.39 Å². The number of ether oxygens (including phenoxy) is 1. The van der Waals surface area contributed by atoms with Crippen molar-refractivity contribution in [3.8, 4) is 11.8 Å². The van der Waals surface area contributed by atoms with Gasteiger partial charge in [-0.2, -0.15) is 5.26 Å². The zero-order chi connectivity index (χ0) is 15.9. The van der Waals surface area contributed by atoms with Crippen LogP contribution in [0.1, 0.15) is 35.3 Å². The molecule has 110 valence electrons. The van der Waals surface area contributed by atoms with Crippen LogP contribution in [0.3, 0.4) is 0 Å². The molecular formula is C17H12ClFN2O. The lowest BCUT2D eigenvalue weighted by Crippen LogP contribution is -2.06. The van der Waals surface area contributed by atoms with Gasteiger partial charge in [0.15, 0.2) is 0 Å². The molecule has 1 atom stereocenters. The summed E-state index contributed by atoms with van der Waals surface area (Å²) in [5, 5.41) is 16.9. The summed E-state index contributed by atoms with van der Waals surface area (Å²) in [7, 11) is 0. The highest BCUT2D eigenvalue weighted by atomic mass is 35.5. The van der Waals surface area contributed by atoms with Gasteiger partial charge in [-0.1, -0.05) is 11.6 Å². The van der Waals surface area contributed by atoms with Gasteiger partial charge < -0.3 is 10.1 Å². The van der Waals surface area contributed by atoms with Crippen molar-refractivity contribution >= 4 is 17.3 Å². The van der Waals surface area contributed by atoms with Crippen LogP contribution in [-0.2, 0) is 6.42 Å². The molecule has 1 unspecified atom stereocenters. The number of halogens is 2. The first kappa shape index (κ1) is 14.6. The molecule has 5 heteroatoms. The van der Waals surface area contributed by atoms with E-state index in [0.29, 0.717) is 29.0 Å². The standard InChI is InChI=1S/C17H12ClFN2O/c1-9(21)11-2-10(8-20)3-12(4-11)16-6-13-5-14(18)15(19)7-17(13)22-16/h2-5,7,16,21H,6H2,1H3. The Balaban J connectivity index is 1.99. The number of hydrogen-bond donors (Lipinski definition) is 1. The molecule has 0 aliphatic carbocycles. The summed E-state index contributed by atoms with van der Waals surface area (Å²) in [4.78, 5) is 0. The fraction of sp³-hybridized carbons (Fsp3) is 0.176. The van der Waals surface area contributed by atoms with Gasteiger partial charge in [-0.05, 0) is 47.9 Å². The quantitative estimate of drug-likeness (QED) is 0.834. The molecule has 1 N–H and O–H groups in total. The Kier molecular flexibility index (Phi) is 3.59. The van der Waals surface area contributed by atoms with E-state index in [4.69, 9.17) is 27.0 Å². The molecular weight excluding hydrogens is 303 g/mol. The molecule has 0 spiro atoms. The molecule has 0 saturated carbocycles. The number of hydrogen-bond acceptors (Lipinski definition) is 3. The number of benzene rings is 2. The maximum Gasteiger partial charge on any atom is 0.145 e. The summed E-state index contributed by atoms with van der Waals surface area (Å²) < 4.78 is 19.3. The van der Waals surface area contributed by atoms with Crippen LogP contribution in [0, 0.1) is 22.6 Å². The van der Waals surface area contributed by atoms with Crippen LogP contribution in [0.2, 0.25) is 5.02 Å². The zero-order valence-corrected chi connectivity index (χ0v) is 12.5. The van der Waals surface area contributed by atoms with Gasteiger partial charge in [-0.15, -0.1) is 0 Å². The van der Waals surface area contributed by atoms with Crippen LogP contribution < -0.4 is 4.74 Å². The first-order valence-corrected chi connectivity index (χ1v) is 7.11. The van der Waals surface area contributed by atoms with E-state index >= 15 is 0 Å². The Morgan fingerprint density at radius 1 is 1.36 bits per heavy atom. The average Bonchev–Trinajstić information content (AvgIpc) is 2.90. The normalized spacial score (nSPS) is 15.8. The third kappa shape index (κ3) is 2.56. The van der Waals surface area contributed by atoms with E-state index in [0.717, 1.165) is 11.1 Å². The van der Waals surface area contributed by atoms with E-state index in [2.05, 4.69) is 6.07 Å². The minimum Gasteiger partial charge on any atom is -0.485 e. The van der Waals surface area contributed by atoms with Crippen molar-refractivity contribution in [1.29, 1.82) is 10.7 Å². The summed E-state index contributed by atoms with van der Waals surface area (Å²) in [6.07, 6.45) is 0.250. The maximum absolute atomic E-state index is 13.5. The van der Waals surface area contributed by atoms with Crippen LogP contribution in [0.4, 0.5) is 4.39 Å². The van der Waals surface area contributed by atoms with Crippen LogP contribution >= 0.6 is 11.6 Å². The highest BCUT2D eigenvalue weighted by Gasteiger charge is 2.26. The average molecular weight is 315 g/mol. The van der Waals surface area contributed by atoms with Crippen molar-refractivity contribution < 1.29 is 9.13 Å². The van der Waals surface area contributed by atoms with Crippen molar-refractivity contribution in [3.63, 3.8) is 0 Å². The molecule has 0 fully saturated rings. The van der Waals surface area contributed by atoms with Gasteiger partial charge in [0.1, 0.15) is 17.7 Å². The highest BCUT2D eigenvalue weighted by molar-refractivity contribution is 6.30. The van der Waals surface area contributed by atoms with Crippen LogP contribution in [0.15, 0.2) is 30.3 Å². The molecule has 2 aromatic rings. The number of fused-ring (bicyclic) bond motifs is 1. The fourth-order valence-corrected chi connectivity index (χ4v) is 2.72. The summed E-state index contributed by atoms with van der Waals surface area (Å²) in [6, 6.07) is 10.2. The summed E-state index contributed by atoms with van der Waals surface area (Å²) >= 11 is 5.80. The van der Waals surface area contributed by atoms with Crippen LogP contribution in [0.25, 0.3) is 0 Å².